The molecule has 0 aromatic rings. The first-order chi connectivity index (χ1) is 5.57. The number of aliphatic carboxylic acids is 1. The Kier molecular flexibility index (Phi) is 5.48. The summed E-state index contributed by atoms with van der Waals surface area (Å²) in [6, 6.07) is 0. The van der Waals surface area contributed by atoms with Crippen LogP contribution in [0.4, 0.5) is 0 Å². The van der Waals surface area contributed by atoms with Crippen LogP contribution in [0, 0.1) is 0 Å². The van der Waals surface area contributed by atoms with E-state index in [-0.39, 0.29) is 19.0 Å². The van der Waals surface area contributed by atoms with Gasteiger partial charge in [0, 0.05) is 6.54 Å². The summed E-state index contributed by atoms with van der Waals surface area (Å²) in [6.07, 6.45) is 0.296. The number of carboxylic acid groups (broad SMARTS) is 1. The van der Waals surface area contributed by atoms with E-state index in [0.717, 1.165) is 0 Å². The molecular formula is C6H12N2O3S. The number of carboxylic acids is 1. The van der Waals surface area contributed by atoms with Gasteiger partial charge in [-0.3, -0.25) is 9.59 Å². The van der Waals surface area contributed by atoms with Crippen LogP contribution in [-0.2, 0) is 9.59 Å². The molecule has 4 N–H and O–H groups in total. The average molecular weight is 192 g/mol. The van der Waals surface area contributed by atoms with E-state index in [4.69, 9.17) is 10.8 Å². The SMILES string of the molecule is NCC(=O)NCCC(S)C(=O)O. The number of hydrogen-bond donors (Lipinski definition) is 4. The fourth-order valence-electron chi connectivity index (χ4n) is 0.544. The predicted molar refractivity (Wildman–Crippen MR) is 47.1 cm³/mol. The molecule has 5 nitrogen and oxygen atoms in total. The highest BCUT2D eigenvalue weighted by atomic mass is 32.1. The van der Waals surface area contributed by atoms with Crippen LogP contribution in [-0.4, -0.2) is 35.3 Å². The Morgan fingerprint density at radius 2 is 2.17 bits per heavy atom. The molecule has 0 aliphatic rings. The molecule has 1 amide bonds. The molecule has 0 aliphatic heterocycles. The molecule has 0 spiro atoms. The molecule has 0 aromatic heterocycles. The highest BCUT2D eigenvalue weighted by Gasteiger charge is 2.11. The van der Waals surface area contributed by atoms with E-state index in [9.17, 15) is 9.59 Å². The summed E-state index contributed by atoms with van der Waals surface area (Å²) in [5, 5.41) is 10.1. The number of nitrogens with one attached hydrogen (secondary N) is 1. The summed E-state index contributed by atoms with van der Waals surface area (Å²) in [5.41, 5.74) is 5.00. The maximum atomic E-state index is 10.6. The number of carbonyl (C=O) groups is 2. The van der Waals surface area contributed by atoms with Crippen molar-refractivity contribution in [2.75, 3.05) is 13.1 Å². The topological polar surface area (TPSA) is 92.4 Å². The third kappa shape index (κ3) is 4.97. The second-order valence-corrected chi connectivity index (χ2v) is 2.82. The smallest absolute Gasteiger partial charge is 0.316 e. The maximum absolute atomic E-state index is 10.6. The summed E-state index contributed by atoms with van der Waals surface area (Å²) >= 11 is 3.77. The molecule has 0 radical (unpaired) electrons. The van der Waals surface area contributed by atoms with Gasteiger partial charge in [-0.15, -0.1) is 0 Å². The molecule has 0 saturated heterocycles. The third-order valence-electron chi connectivity index (χ3n) is 1.21. The Hall–Kier alpha value is -0.750. The lowest BCUT2D eigenvalue weighted by molar-refractivity contribution is -0.136. The van der Waals surface area contributed by atoms with E-state index in [1.165, 1.54) is 0 Å². The van der Waals surface area contributed by atoms with Crippen LogP contribution >= 0.6 is 12.6 Å². The van der Waals surface area contributed by atoms with Crippen LogP contribution < -0.4 is 11.1 Å². The van der Waals surface area contributed by atoms with Crippen molar-refractivity contribution in [3.8, 4) is 0 Å². The first-order valence-electron chi connectivity index (χ1n) is 3.45. The van der Waals surface area contributed by atoms with Gasteiger partial charge in [0.1, 0.15) is 5.25 Å². The van der Waals surface area contributed by atoms with Gasteiger partial charge in [0.15, 0.2) is 0 Å². The quantitative estimate of drug-likeness (QED) is 0.413. The van der Waals surface area contributed by atoms with Gasteiger partial charge < -0.3 is 16.2 Å². The number of hydrogen-bond acceptors (Lipinski definition) is 4. The minimum absolute atomic E-state index is 0.0791. The first kappa shape index (κ1) is 11.2. The molecule has 0 saturated carbocycles. The molecular weight excluding hydrogens is 180 g/mol. The number of thiol groups is 1. The minimum Gasteiger partial charge on any atom is -0.480 e. The molecule has 6 heteroatoms. The molecule has 0 heterocycles. The molecule has 70 valence electrons. The number of amides is 1. The van der Waals surface area contributed by atoms with Gasteiger partial charge in [-0.25, -0.2) is 0 Å². The van der Waals surface area contributed by atoms with Gasteiger partial charge in [0.05, 0.1) is 6.54 Å². The average Bonchev–Trinajstić information content (AvgIpc) is 2.03. The Morgan fingerprint density at radius 1 is 1.58 bits per heavy atom. The van der Waals surface area contributed by atoms with E-state index in [2.05, 4.69) is 17.9 Å². The first-order valence-corrected chi connectivity index (χ1v) is 3.97. The van der Waals surface area contributed by atoms with Crippen molar-refractivity contribution in [1.29, 1.82) is 0 Å². The Morgan fingerprint density at radius 3 is 2.58 bits per heavy atom. The normalized spacial score (nSPS) is 12.2. The molecule has 0 rings (SSSR count). The van der Waals surface area contributed by atoms with Crippen molar-refractivity contribution in [2.24, 2.45) is 5.73 Å². The number of carbonyl (C=O) groups excluding carboxylic acids is 1. The van der Waals surface area contributed by atoms with Crippen LogP contribution in [0.15, 0.2) is 0 Å². The maximum Gasteiger partial charge on any atom is 0.316 e. The summed E-state index contributed by atoms with van der Waals surface area (Å²) in [4.78, 5) is 20.8. The zero-order chi connectivity index (χ0) is 9.56. The monoisotopic (exact) mass is 192 g/mol. The lowest BCUT2D eigenvalue weighted by atomic mass is 10.3. The van der Waals surface area contributed by atoms with E-state index in [1.54, 1.807) is 0 Å². The van der Waals surface area contributed by atoms with Gasteiger partial charge in [0.2, 0.25) is 5.91 Å². The zero-order valence-corrected chi connectivity index (χ0v) is 7.38. The van der Waals surface area contributed by atoms with E-state index >= 15 is 0 Å². The zero-order valence-electron chi connectivity index (χ0n) is 6.49. The standard InChI is InChI=1S/C6H12N2O3S/c7-3-5(9)8-2-1-4(12)6(10)11/h4,12H,1-3,7H2,(H,8,9)(H,10,11). The molecule has 1 unspecified atom stereocenters. The Labute approximate surface area is 75.7 Å². The van der Waals surface area contributed by atoms with Gasteiger partial charge in [-0.2, -0.15) is 12.6 Å². The van der Waals surface area contributed by atoms with E-state index in [0.29, 0.717) is 6.42 Å². The van der Waals surface area contributed by atoms with Gasteiger partial charge in [0.25, 0.3) is 0 Å². The van der Waals surface area contributed by atoms with Crippen LogP contribution in [0.3, 0.4) is 0 Å². The number of rotatable bonds is 5. The van der Waals surface area contributed by atoms with Gasteiger partial charge in [-0.1, -0.05) is 0 Å². The largest absolute Gasteiger partial charge is 0.480 e. The summed E-state index contributed by atoms with van der Waals surface area (Å²) < 4.78 is 0. The molecule has 0 bridgehead atoms. The lowest BCUT2D eigenvalue weighted by Gasteiger charge is -2.05. The van der Waals surface area contributed by atoms with Crippen LogP contribution in [0.2, 0.25) is 0 Å². The predicted octanol–water partition coefficient (Wildman–Crippen LogP) is -1.17. The van der Waals surface area contributed by atoms with Crippen molar-refractivity contribution in [1.82, 2.24) is 5.32 Å². The molecule has 0 aliphatic carbocycles. The summed E-state index contributed by atoms with van der Waals surface area (Å²) in [7, 11) is 0. The van der Waals surface area contributed by atoms with Crippen LogP contribution in [0.25, 0.3) is 0 Å². The van der Waals surface area contributed by atoms with Crippen molar-refractivity contribution in [2.45, 2.75) is 11.7 Å². The highest BCUT2D eigenvalue weighted by Crippen LogP contribution is 1.98. The van der Waals surface area contributed by atoms with E-state index in [1.807, 2.05) is 0 Å². The molecule has 12 heavy (non-hydrogen) atoms. The Bertz CT molecular complexity index is 174. The summed E-state index contributed by atoms with van der Waals surface area (Å²) in [6.45, 7) is 0.209. The van der Waals surface area contributed by atoms with Crippen molar-refractivity contribution in [3.63, 3.8) is 0 Å². The molecule has 1 atom stereocenters. The van der Waals surface area contributed by atoms with Crippen molar-refractivity contribution >= 4 is 24.5 Å². The van der Waals surface area contributed by atoms with Crippen molar-refractivity contribution in [3.05, 3.63) is 0 Å². The van der Waals surface area contributed by atoms with Gasteiger partial charge in [-0.05, 0) is 6.42 Å². The van der Waals surface area contributed by atoms with Gasteiger partial charge >= 0.3 is 5.97 Å². The van der Waals surface area contributed by atoms with Crippen LogP contribution in [0.5, 0.6) is 0 Å². The lowest BCUT2D eigenvalue weighted by Crippen LogP contribution is -2.32. The fourth-order valence-corrected chi connectivity index (χ4v) is 0.673. The second kappa shape index (κ2) is 5.84. The fraction of sp³-hybridized carbons (Fsp3) is 0.667. The number of nitrogens with two attached hydrogens (primary N) is 1. The molecule has 0 fully saturated rings. The van der Waals surface area contributed by atoms with Crippen LogP contribution in [0.1, 0.15) is 6.42 Å². The Balaban J connectivity index is 3.43. The highest BCUT2D eigenvalue weighted by molar-refractivity contribution is 7.81. The van der Waals surface area contributed by atoms with Crippen molar-refractivity contribution < 1.29 is 14.7 Å². The van der Waals surface area contributed by atoms with E-state index < -0.39 is 11.2 Å². The second-order valence-electron chi connectivity index (χ2n) is 2.20. The molecule has 0 aromatic carbocycles. The third-order valence-corrected chi connectivity index (χ3v) is 1.69. The minimum atomic E-state index is -0.986. The summed E-state index contributed by atoms with van der Waals surface area (Å²) in [5.74, 6) is -1.28.